The lowest BCUT2D eigenvalue weighted by Gasteiger charge is -2.26. The lowest BCUT2D eigenvalue weighted by atomic mass is 9.97. The van der Waals surface area contributed by atoms with Crippen molar-refractivity contribution in [2.24, 2.45) is 0 Å². The number of amides is 1. The normalized spacial score (nSPS) is 15.9. The van der Waals surface area contributed by atoms with E-state index in [1.807, 2.05) is 13.0 Å². The molecule has 1 amide bonds. The number of nitrogens with zero attached hydrogens (tertiary/aromatic N) is 1. The standard InChI is InChI=1S/C23H30N2O3S/c1-19-14-16-22(17-15-19)29(27,28)25(21-12-8-5-9-13-21)18-23(26)24-20-10-6-3-2-4-7-11-20/h5,8-9,12-17,20H,2-4,6-7,10-11,18H2,1H3,(H,24,26). The Morgan fingerprint density at radius 3 is 2.14 bits per heavy atom. The number of rotatable bonds is 6. The van der Waals surface area contributed by atoms with Crippen LogP contribution >= 0.6 is 0 Å². The SMILES string of the molecule is Cc1ccc(S(=O)(=O)N(CC(=O)NC2CCCCCCC2)c2ccccc2)cc1. The Labute approximate surface area is 174 Å². The zero-order valence-corrected chi connectivity index (χ0v) is 17.8. The fraction of sp³-hybridized carbons (Fsp3) is 0.435. The van der Waals surface area contributed by atoms with Crippen molar-refractivity contribution in [3.63, 3.8) is 0 Å². The highest BCUT2D eigenvalue weighted by Gasteiger charge is 2.27. The van der Waals surface area contributed by atoms with Gasteiger partial charge in [-0.3, -0.25) is 9.10 Å². The Kier molecular flexibility index (Phi) is 7.31. The number of carbonyl (C=O) groups is 1. The van der Waals surface area contributed by atoms with Crippen molar-refractivity contribution < 1.29 is 13.2 Å². The van der Waals surface area contributed by atoms with Crippen LogP contribution in [-0.2, 0) is 14.8 Å². The molecule has 0 aliphatic heterocycles. The first-order valence-electron chi connectivity index (χ1n) is 10.4. The molecule has 6 heteroatoms. The summed E-state index contributed by atoms with van der Waals surface area (Å²) in [4.78, 5) is 13.0. The third-order valence-corrected chi connectivity index (χ3v) is 7.20. The van der Waals surface area contributed by atoms with Crippen LogP contribution in [0.4, 0.5) is 5.69 Å². The predicted octanol–water partition coefficient (Wildman–Crippen LogP) is 4.42. The van der Waals surface area contributed by atoms with Crippen LogP contribution in [0.3, 0.4) is 0 Å². The smallest absolute Gasteiger partial charge is 0.264 e. The Balaban J connectivity index is 1.80. The molecule has 2 aromatic carbocycles. The summed E-state index contributed by atoms with van der Waals surface area (Å²) in [7, 11) is -3.85. The van der Waals surface area contributed by atoms with Gasteiger partial charge < -0.3 is 5.32 Å². The molecule has 1 fully saturated rings. The molecule has 1 saturated carbocycles. The van der Waals surface area contributed by atoms with Gasteiger partial charge in [-0.1, -0.05) is 68.0 Å². The van der Waals surface area contributed by atoms with Crippen LogP contribution in [0.1, 0.15) is 50.5 Å². The van der Waals surface area contributed by atoms with Gasteiger partial charge in [0.25, 0.3) is 10.0 Å². The first-order valence-corrected chi connectivity index (χ1v) is 11.8. The van der Waals surface area contributed by atoms with E-state index >= 15 is 0 Å². The molecule has 0 heterocycles. The molecule has 5 nitrogen and oxygen atoms in total. The van der Waals surface area contributed by atoms with Gasteiger partial charge in [0.1, 0.15) is 6.54 Å². The molecule has 156 valence electrons. The number of carbonyl (C=O) groups excluding carboxylic acids is 1. The lowest BCUT2D eigenvalue weighted by molar-refractivity contribution is -0.120. The molecule has 3 rings (SSSR count). The number of para-hydroxylation sites is 1. The minimum absolute atomic E-state index is 0.127. The number of nitrogens with one attached hydrogen (secondary N) is 1. The van der Waals surface area contributed by atoms with Crippen molar-refractivity contribution in [3.05, 3.63) is 60.2 Å². The first-order chi connectivity index (χ1) is 14.0. The van der Waals surface area contributed by atoms with E-state index in [9.17, 15) is 13.2 Å². The van der Waals surface area contributed by atoms with E-state index in [-0.39, 0.29) is 23.4 Å². The molecule has 0 radical (unpaired) electrons. The van der Waals surface area contributed by atoms with Crippen LogP contribution in [-0.4, -0.2) is 26.9 Å². The maximum absolute atomic E-state index is 13.3. The highest BCUT2D eigenvalue weighted by molar-refractivity contribution is 7.92. The van der Waals surface area contributed by atoms with E-state index in [0.29, 0.717) is 5.69 Å². The van der Waals surface area contributed by atoms with Crippen LogP contribution < -0.4 is 9.62 Å². The molecule has 0 spiro atoms. The molecule has 1 aliphatic rings. The van der Waals surface area contributed by atoms with Crippen molar-refractivity contribution in [3.8, 4) is 0 Å². The maximum atomic E-state index is 13.3. The molecule has 0 atom stereocenters. The van der Waals surface area contributed by atoms with Crippen molar-refractivity contribution in [1.82, 2.24) is 5.32 Å². The molecule has 1 aliphatic carbocycles. The second-order valence-corrected chi connectivity index (χ2v) is 9.63. The number of anilines is 1. The Morgan fingerprint density at radius 1 is 0.931 bits per heavy atom. The molecule has 0 unspecified atom stereocenters. The van der Waals surface area contributed by atoms with Gasteiger partial charge in [-0.15, -0.1) is 0 Å². The Hall–Kier alpha value is -2.34. The van der Waals surface area contributed by atoms with E-state index in [4.69, 9.17) is 0 Å². The van der Waals surface area contributed by atoms with E-state index in [1.54, 1.807) is 48.5 Å². The summed E-state index contributed by atoms with van der Waals surface area (Å²) >= 11 is 0. The van der Waals surface area contributed by atoms with Crippen molar-refractivity contribution >= 4 is 21.6 Å². The first kappa shape index (κ1) is 21.4. The zero-order valence-electron chi connectivity index (χ0n) is 17.0. The fourth-order valence-corrected chi connectivity index (χ4v) is 5.17. The molecule has 0 bridgehead atoms. The molecule has 0 saturated heterocycles. The zero-order chi connectivity index (χ0) is 20.7. The quantitative estimate of drug-likeness (QED) is 0.761. The number of hydrogen-bond acceptors (Lipinski definition) is 3. The Bertz CT molecular complexity index is 887. The minimum atomic E-state index is -3.85. The van der Waals surface area contributed by atoms with E-state index in [0.717, 1.165) is 31.2 Å². The average molecular weight is 415 g/mol. The van der Waals surface area contributed by atoms with Gasteiger partial charge in [-0.05, 0) is 44.0 Å². The molecule has 1 N–H and O–H groups in total. The van der Waals surface area contributed by atoms with Gasteiger partial charge in [0.05, 0.1) is 10.6 Å². The highest BCUT2D eigenvalue weighted by atomic mass is 32.2. The second kappa shape index (κ2) is 9.92. The molecular weight excluding hydrogens is 384 g/mol. The number of benzene rings is 2. The Morgan fingerprint density at radius 2 is 1.52 bits per heavy atom. The largest absolute Gasteiger partial charge is 0.352 e. The average Bonchev–Trinajstić information content (AvgIpc) is 2.69. The summed E-state index contributed by atoms with van der Waals surface area (Å²) in [5, 5.41) is 3.07. The third-order valence-electron chi connectivity index (χ3n) is 5.41. The number of aryl methyl sites for hydroxylation is 1. The van der Waals surface area contributed by atoms with Crippen LogP contribution in [0.25, 0.3) is 0 Å². The summed E-state index contributed by atoms with van der Waals surface area (Å²) in [5.41, 5.74) is 1.47. The lowest BCUT2D eigenvalue weighted by Crippen LogP contribution is -2.44. The fourth-order valence-electron chi connectivity index (χ4n) is 3.75. The number of hydrogen-bond donors (Lipinski definition) is 1. The topological polar surface area (TPSA) is 66.5 Å². The maximum Gasteiger partial charge on any atom is 0.264 e. The third kappa shape index (κ3) is 5.82. The molecule has 29 heavy (non-hydrogen) atoms. The number of sulfonamides is 1. The van der Waals surface area contributed by atoms with Crippen molar-refractivity contribution in [1.29, 1.82) is 0 Å². The van der Waals surface area contributed by atoms with E-state index < -0.39 is 10.0 Å². The summed E-state index contributed by atoms with van der Waals surface area (Å²) in [6.45, 7) is 1.69. The second-order valence-electron chi connectivity index (χ2n) is 7.77. The summed E-state index contributed by atoms with van der Waals surface area (Å²) in [6.07, 6.45) is 7.79. The van der Waals surface area contributed by atoms with Crippen LogP contribution in [0.5, 0.6) is 0 Å². The highest BCUT2D eigenvalue weighted by Crippen LogP contribution is 2.24. The van der Waals surface area contributed by atoms with Gasteiger partial charge in [-0.2, -0.15) is 0 Å². The predicted molar refractivity (Wildman–Crippen MR) is 116 cm³/mol. The summed E-state index contributed by atoms with van der Waals surface area (Å²) < 4.78 is 27.8. The van der Waals surface area contributed by atoms with E-state index in [1.165, 1.54) is 23.6 Å². The summed E-state index contributed by atoms with van der Waals surface area (Å²) in [6, 6.07) is 15.7. The van der Waals surface area contributed by atoms with Crippen LogP contribution in [0.15, 0.2) is 59.5 Å². The van der Waals surface area contributed by atoms with Gasteiger partial charge in [0, 0.05) is 6.04 Å². The van der Waals surface area contributed by atoms with Gasteiger partial charge in [0.15, 0.2) is 0 Å². The molecular formula is C23H30N2O3S. The van der Waals surface area contributed by atoms with E-state index in [2.05, 4.69) is 5.32 Å². The monoisotopic (exact) mass is 414 g/mol. The summed E-state index contributed by atoms with van der Waals surface area (Å²) in [5.74, 6) is -0.255. The van der Waals surface area contributed by atoms with Crippen molar-refractivity contribution in [2.45, 2.75) is 62.8 Å². The van der Waals surface area contributed by atoms with Crippen LogP contribution in [0.2, 0.25) is 0 Å². The molecule has 2 aromatic rings. The van der Waals surface area contributed by atoms with Crippen molar-refractivity contribution in [2.75, 3.05) is 10.8 Å². The minimum Gasteiger partial charge on any atom is -0.352 e. The van der Waals surface area contributed by atoms with Crippen LogP contribution in [0, 0.1) is 6.92 Å². The van der Waals surface area contributed by atoms with Gasteiger partial charge >= 0.3 is 0 Å². The molecule has 0 aromatic heterocycles. The van der Waals surface area contributed by atoms with Gasteiger partial charge in [-0.25, -0.2) is 8.42 Å². The van der Waals surface area contributed by atoms with Gasteiger partial charge in [0.2, 0.25) is 5.91 Å².